The van der Waals surface area contributed by atoms with Gasteiger partial charge in [-0.3, -0.25) is 4.40 Å². The van der Waals surface area contributed by atoms with E-state index in [0.717, 1.165) is 6.26 Å². The van der Waals surface area contributed by atoms with Crippen molar-refractivity contribution in [1.82, 2.24) is 14.6 Å². The maximum Gasteiger partial charge on any atom is 0.339 e. The maximum atomic E-state index is 11.6. The monoisotopic (exact) mass is 317 g/mol. The van der Waals surface area contributed by atoms with E-state index >= 15 is 0 Å². The summed E-state index contributed by atoms with van der Waals surface area (Å²) in [6, 6.07) is 1.40. The zero-order valence-corrected chi connectivity index (χ0v) is 12.6. The number of methoxy groups -OCH3 is 1. The van der Waals surface area contributed by atoms with Gasteiger partial charge in [-0.1, -0.05) is 11.6 Å². The van der Waals surface area contributed by atoms with Gasteiger partial charge in [-0.05, 0) is 13.0 Å². The number of ether oxygens (including phenoxy) is 1. The summed E-state index contributed by atoms with van der Waals surface area (Å²) in [6.07, 6.45) is 2.51. The molecule has 2 heterocycles. The molecule has 2 rings (SSSR count). The molecular weight excluding hydrogens is 306 g/mol. The highest BCUT2D eigenvalue weighted by atomic mass is 35.5. The molecule has 0 N–H and O–H groups in total. The lowest BCUT2D eigenvalue weighted by atomic mass is 10.3. The van der Waals surface area contributed by atoms with E-state index in [1.165, 1.54) is 30.7 Å². The van der Waals surface area contributed by atoms with Crippen LogP contribution in [-0.2, 0) is 14.6 Å². The van der Waals surface area contributed by atoms with Crippen molar-refractivity contribution in [2.24, 2.45) is 0 Å². The van der Waals surface area contributed by atoms with Crippen molar-refractivity contribution in [1.29, 1.82) is 0 Å². The Hall–Kier alpha value is -1.67. The number of nitrogens with zero attached hydrogens (tertiary/aromatic N) is 3. The molecule has 0 radical (unpaired) electrons. The van der Waals surface area contributed by atoms with E-state index in [4.69, 9.17) is 11.6 Å². The summed E-state index contributed by atoms with van der Waals surface area (Å²) in [6.45, 7) is 1.49. The second-order valence-electron chi connectivity index (χ2n) is 4.29. The van der Waals surface area contributed by atoms with Gasteiger partial charge >= 0.3 is 5.97 Å². The van der Waals surface area contributed by atoms with Gasteiger partial charge in [-0.25, -0.2) is 13.2 Å². The molecule has 1 unspecified atom stereocenters. The number of sulfone groups is 1. The summed E-state index contributed by atoms with van der Waals surface area (Å²) in [5.41, 5.74) is 0.469. The Balaban J connectivity index is 2.70. The summed E-state index contributed by atoms with van der Waals surface area (Å²) in [5, 5.41) is 7.00. The van der Waals surface area contributed by atoms with Crippen LogP contribution in [0.2, 0.25) is 5.02 Å². The van der Waals surface area contributed by atoms with Crippen molar-refractivity contribution in [2.75, 3.05) is 13.4 Å². The molecule has 0 saturated heterocycles. The van der Waals surface area contributed by atoms with Gasteiger partial charge in [0.15, 0.2) is 21.3 Å². The number of hydrogen-bond acceptors (Lipinski definition) is 6. The Bertz CT molecular complexity index is 784. The molecular formula is C11H12ClN3O4S. The van der Waals surface area contributed by atoms with Gasteiger partial charge in [0.25, 0.3) is 0 Å². The minimum atomic E-state index is -3.35. The van der Waals surface area contributed by atoms with Crippen LogP contribution in [0.25, 0.3) is 5.65 Å². The molecule has 0 aliphatic carbocycles. The van der Waals surface area contributed by atoms with Crippen molar-refractivity contribution >= 4 is 33.1 Å². The number of pyridine rings is 1. The lowest BCUT2D eigenvalue weighted by Crippen LogP contribution is -2.12. The molecule has 20 heavy (non-hydrogen) atoms. The smallest absolute Gasteiger partial charge is 0.339 e. The molecule has 108 valence electrons. The van der Waals surface area contributed by atoms with Crippen LogP contribution in [0.4, 0.5) is 0 Å². The fourth-order valence-corrected chi connectivity index (χ4v) is 2.46. The highest BCUT2D eigenvalue weighted by molar-refractivity contribution is 7.90. The zero-order valence-electron chi connectivity index (χ0n) is 11.0. The minimum Gasteiger partial charge on any atom is -0.465 e. The van der Waals surface area contributed by atoms with Crippen LogP contribution in [0.3, 0.4) is 0 Å². The fraction of sp³-hybridized carbons (Fsp3) is 0.364. The molecule has 0 aromatic carbocycles. The fourth-order valence-electron chi connectivity index (χ4n) is 1.67. The minimum absolute atomic E-state index is 0.187. The molecule has 0 bridgehead atoms. The van der Waals surface area contributed by atoms with Crippen LogP contribution < -0.4 is 0 Å². The van der Waals surface area contributed by atoms with Crippen LogP contribution >= 0.6 is 11.6 Å². The molecule has 0 amide bonds. The van der Waals surface area contributed by atoms with E-state index in [9.17, 15) is 13.2 Å². The van der Waals surface area contributed by atoms with Crippen LogP contribution in [0.15, 0.2) is 12.3 Å². The zero-order chi connectivity index (χ0) is 15.1. The normalized spacial score (nSPS) is 13.4. The Kier molecular flexibility index (Phi) is 3.70. The highest BCUT2D eigenvalue weighted by Crippen LogP contribution is 2.24. The van der Waals surface area contributed by atoms with Crippen LogP contribution in [0, 0.1) is 0 Å². The third-order valence-corrected chi connectivity index (χ3v) is 4.69. The largest absolute Gasteiger partial charge is 0.465 e. The van der Waals surface area contributed by atoms with E-state index < -0.39 is 21.1 Å². The highest BCUT2D eigenvalue weighted by Gasteiger charge is 2.24. The van der Waals surface area contributed by atoms with E-state index in [1.807, 2.05) is 0 Å². The van der Waals surface area contributed by atoms with Crippen LogP contribution in [0.1, 0.15) is 28.4 Å². The predicted octanol–water partition coefficient (Wildman–Crippen LogP) is 1.27. The van der Waals surface area contributed by atoms with E-state index in [-0.39, 0.29) is 22.1 Å². The van der Waals surface area contributed by atoms with Gasteiger partial charge in [0.05, 0.1) is 17.7 Å². The standard InChI is InChI=1S/C11H12ClN3O4S/c1-6(20(3,17)18)9-13-14-10-8(12)4-7(5-15(9)10)11(16)19-2/h4-6H,1-3H3. The number of fused-ring (bicyclic) bond motifs is 1. The van der Waals surface area contributed by atoms with Crippen molar-refractivity contribution < 1.29 is 17.9 Å². The molecule has 2 aromatic rings. The topological polar surface area (TPSA) is 90.6 Å². The number of carbonyl (C=O) groups excluding carboxylic acids is 1. The Morgan fingerprint density at radius 1 is 1.45 bits per heavy atom. The molecule has 2 aromatic heterocycles. The predicted molar refractivity (Wildman–Crippen MR) is 72.6 cm³/mol. The second kappa shape index (κ2) is 5.02. The molecule has 1 atom stereocenters. The van der Waals surface area contributed by atoms with Gasteiger partial charge in [0.2, 0.25) is 0 Å². The lowest BCUT2D eigenvalue weighted by Gasteiger charge is -2.08. The SMILES string of the molecule is COC(=O)c1cc(Cl)c2nnc(C(C)S(C)(=O)=O)n2c1. The summed E-state index contributed by atoms with van der Waals surface area (Å²) >= 11 is 6.01. The van der Waals surface area contributed by atoms with Crippen LogP contribution in [0.5, 0.6) is 0 Å². The average Bonchev–Trinajstić information content (AvgIpc) is 2.79. The molecule has 7 nitrogen and oxygen atoms in total. The Morgan fingerprint density at radius 3 is 2.65 bits per heavy atom. The maximum absolute atomic E-state index is 11.6. The average molecular weight is 318 g/mol. The number of carbonyl (C=O) groups is 1. The van der Waals surface area contributed by atoms with Crippen molar-refractivity contribution in [2.45, 2.75) is 12.2 Å². The summed E-state index contributed by atoms with van der Waals surface area (Å²) in [4.78, 5) is 11.6. The molecule has 0 fully saturated rings. The number of hydrogen-bond donors (Lipinski definition) is 0. The number of esters is 1. The van der Waals surface area contributed by atoms with E-state index in [2.05, 4.69) is 14.9 Å². The first kappa shape index (κ1) is 14.7. The van der Waals surface area contributed by atoms with Gasteiger partial charge < -0.3 is 4.74 Å². The van der Waals surface area contributed by atoms with Gasteiger partial charge in [0, 0.05) is 12.5 Å². The van der Waals surface area contributed by atoms with Gasteiger partial charge in [-0.2, -0.15) is 0 Å². The van der Waals surface area contributed by atoms with E-state index in [1.54, 1.807) is 0 Å². The Morgan fingerprint density at radius 2 is 2.10 bits per heavy atom. The van der Waals surface area contributed by atoms with Crippen molar-refractivity contribution in [3.63, 3.8) is 0 Å². The summed E-state index contributed by atoms with van der Waals surface area (Å²) in [5.74, 6) is -0.393. The Labute approximate surface area is 120 Å². The van der Waals surface area contributed by atoms with Crippen LogP contribution in [-0.4, -0.2) is 42.4 Å². The molecule has 0 spiro atoms. The lowest BCUT2D eigenvalue weighted by molar-refractivity contribution is 0.0600. The van der Waals surface area contributed by atoms with Crippen molar-refractivity contribution in [3.8, 4) is 0 Å². The quantitative estimate of drug-likeness (QED) is 0.792. The first-order valence-corrected chi connectivity index (χ1v) is 7.90. The van der Waals surface area contributed by atoms with Gasteiger partial charge in [-0.15, -0.1) is 10.2 Å². The molecule has 0 saturated carbocycles. The first-order chi connectivity index (χ1) is 9.25. The molecule has 9 heteroatoms. The molecule has 0 aliphatic heterocycles. The third kappa shape index (κ3) is 2.48. The summed E-state index contributed by atoms with van der Waals surface area (Å²) in [7, 11) is -2.11. The number of aromatic nitrogens is 3. The third-order valence-electron chi connectivity index (χ3n) is 2.91. The molecule has 0 aliphatic rings. The first-order valence-electron chi connectivity index (χ1n) is 5.57. The summed E-state index contributed by atoms with van der Waals surface area (Å²) < 4.78 is 29.3. The van der Waals surface area contributed by atoms with Gasteiger partial charge in [0.1, 0.15) is 5.25 Å². The van der Waals surface area contributed by atoms with Crippen molar-refractivity contribution in [3.05, 3.63) is 28.7 Å². The second-order valence-corrected chi connectivity index (χ2v) is 7.07. The number of halogens is 1. The van der Waals surface area contributed by atoms with E-state index in [0.29, 0.717) is 0 Å². The number of rotatable bonds is 3.